The number of carbonyl (C=O) groups excluding carboxylic acids is 1. The fourth-order valence-electron chi connectivity index (χ4n) is 4.02. The number of unbranched alkanes of at least 4 members (excludes halogenated alkanes) is 16. The predicted octanol–water partition coefficient (Wildman–Crippen LogP) is 9.54. The highest BCUT2D eigenvalue weighted by molar-refractivity contribution is 5.69. The van der Waals surface area contributed by atoms with E-state index in [2.05, 4.69) is 27.7 Å². The van der Waals surface area contributed by atoms with E-state index in [1.165, 1.54) is 103 Å². The van der Waals surface area contributed by atoms with E-state index >= 15 is 0 Å². The molecule has 0 spiro atoms. The molecule has 0 fully saturated rings. The van der Waals surface area contributed by atoms with Gasteiger partial charge in [-0.3, -0.25) is 4.79 Å². The van der Waals surface area contributed by atoms with Crippen LogP contribution in [0.15, 0.2) is 0 Å². The maximum absolute atomic E-state index is 12.2. The minimum atomic E-state index is -0.248. The van der Waals surface area contributed by atoms with Gasteiger partial charge in [0.15, 0.2) is 0 Å². The highest BCUT2D eigenvalue weighted by atomic mass is 16.6. The van der Waals surface area contributed by atoms with Crippen LogP contribution in [-0.2, 0) is 9.53 Å². The molecule has 0 heterocycles. The van der Waals surface area contributed by atoms with Gasteiger partial charge in [-0.05, 0) is 32.6 Å². The van der Waals surface area contributed by atoms with Crippen molar-refractivity contribution >= 4 is 5.97 Å². The molecule has 0 N–H and O–H groups in total. The van der Waals surface area contributed by atoms with Crippen LogP contribution in [0, 0.1) is 0 Å². The molecule has 0 aromatic carbocycles. The van der Waals surface area contributed by atoms with Gasteiger partial charge in [-0.25, -0.2) is 0 Å². The van der Waals surface area contributed by atoms with Crippen molar-refractivity contribution in [2.24, 2.45) is 0 Å². The van der Waals surface area contributed by atoms with E-state index in [0.717, 1.165) is 25.7 Å². The molecule has 2 nitrogen and oxygen atoms in total. The van der Waals surface area contributed by atoms with Crippen molar-refractivity contribution in [3.8, 4) is 0 Å². The molecule has 0 radical (unpaired) electrons. The van der Waals surface area contributed by atoms with Crippen LogP contribution in [0.25, 0.3) is 0 Å². The first-order chi connectivity index (χ1) is 14.1. The van der Waals surface area contributed by atoms with Gasteiger partial charge in [-0.2, -0.15) is 0 Å². The van der Waals surface area contributed by atoms with E-state index < -0.39 is 0 Å². The minimum Gasteiger partial charge on any atom is -0.459 e. The van der Waals surface area contributed by atoms with Crippen LogP contribution in [0.5, 0.6) is 0 Å². The summed E-state index contributed by atoms with van der Waals surface area (Å²) in [6, 6.07) is 0. The first kappa shape index (κ1) is 28.5. The lowest BCUT2D eigenvalue weighted by Crippen LogP contribution is -2.31. The lowest BCUT2D eigenvalue weighted by molar-refractivity contribution is -0.159. The van der Waals surface area contributed by atoms with Gasteiger partial charge in [0.1, 0.15) is 5.60 Å². The average Bonchev–Trinajstić information content (AvgIpc) is 2.71. The summed E-state index contributed by atoms with van der Waals surface area (Å²) in [5.41, 5.74) is -0.248. The van der Waals surface area contributed by atoms with Crippen molar-refractivity contribution < 1.29 is 9.53 Å². The van der Waals surface area contributed by atoms with Crippen molar-refractivity contribution in [3.63, 3.8) is 0 Å². The smallest absolute Gasteiger partial charge is 0.306 e. The third-order valence-electron chi connectivity index (χ3n) is 6.40. The summed E-state index contributed by atoms with van der Waals surface area (Å²) < 4.78 is 5.81. The standard InChI is InChI=1S/C27H54O2/c1-5-8-10-11-12-13-14-15-16-17-18-19-20-21-22-24-26(28)29-27(4,7-3)25-23-9-6-2/h5-25H2,1-4H3. The molecule has 0 aromatic rings. The molecule has 0 aliphatic rings. The molecule has 1 unspecified atom stereocenters. The molecule has 174 valence electrons. The zero-order valence-electron chi connectivity index (χ0n) is 20.7. The van der Waals surface area contributed by atoms with Crippen molar-refractivity contribution in [2.45, 2.75) is 168 Å². The highest BCUT2D eigenvalue weighted by Gasteiger charge is 2.25. The number of hydrogen-bond donors (Lipinski definition) is 0. The summed E-state index contributed by atoms with van der Waals surface area (Å²) in [6.07, 6.45) is 26.4. The summed E-state index contributed by atoms with van der Waals surface area (Å²) in [5, 5.41) is 0. The number of ether oxygens (including phenoxy) is 1. The number of esters is 1. The summed E-state index contributed by atoms with van der Waals surface area (Å²) >= 11 is 0. The second kappa shape index (κ2) is 20.7. The van der Waals surface area contributed by atoms with Gasteiger partial charge in [0.2, 0.25) is 0 Å². The third-order valence-corrected chi connectivity index (χ3v) is 6.40. The van der Waals surface area contributed by atoms with Gasteiger partial charge in [-0.15, -0.1) is 0 Å². The average molecular weight is 411 g/mol. The second-order valence-corrected chi connectivity index (χ2v) is 9.43. The van der Waals surface area contributed by atoms with E-state index in [1.807, 2.05) is 0 Å². The van der Waals surface area contributed by atoms with Crippen LogP contribution in [0.4, 0.5) is 0 Å². The highest BCUT2D eigenvalue weighted by Crippen LogP contribution is 2.24. The van der Waals surface area contributed by atoms with Crippen molar-refractivity contribution in [1.82, 2.24) is 0 Å². The summed E-state index contributed by atoms with van der Waals surface area (Å²) in [6.45, 7) is 8.73. The Labute approximate surface area is 184 Å². The Morgan fingerprint density at radius 3 is 1.38 bits per heavy atom. The zero-order valence-corrected chi connectivity index (χ0v) is 20.7. The van der Waals surface area contributed by atoms with E-state index in [0.29, 0.717) is 6.42 Å². The monoisotopic (exact) mass is 410 g/mol. The molecule has 0 aliphatic heterocycles. The van der Waals surface area contributed by atoms with Crippen LogP contribution in [0.3, 0.4) is 0 Å². The fourth-order valence-corrected chi connectivity index (χ4v) is 4.02. The van der Waals surface area contributed by atoms with Crippen molar-refractivity contribution in [2.75, 3.05) is 0 Å². The molecule has 0 saturated heterocycles. The Bertz CT molecular complexity index is 352. The molecule has 1 atom stereocenters. The van der Waals surface area contributed by atoms with E-state index in [9.17, 15) is 4.79 Å². The SMILES string of the molecule is CCCCCCCCCCCCCCCCCC(=O)OC(C)(CC)CCCCC. The van der Waals surface area contributed by atoms with Crippen LogP contribution in [-0.4, -0.2) is 11.6 Å². The lowest BCUT2D eigenvalue weighted by Gasteiger charge is -2.28. The van der Waals surface area contributed by atoms with Crippen molar-refractivity contribution in [1.29, 1.82) is 0 Å². The van der Waals surface area contributed by atoms with Gasteiger partial charge in [0.05, 0.1) is 0 Å². The molecule has 0 saturated carbocycles. The number of rotatable bonds is 22. The summed E-state index contributed by atoms with van der Waals surface area (Å²) in [4.78, 5) is 12.2. The minimum absolute atomic E-state index is 0.0144. The largest absolute Gasteiger partial charge is 0.459 e. The van der Waals surface area contributed by atoms with Gasteiger partial charge in [0.25, 0.3) is 0 Å². The Morgan fingerprint density at radius 2 is 0.966 bits per heavy atom. The molecule has 0 aromatic heterocycles. The first-order valence-electron chi connectivity index (χ1n) is 13.3. The third kappa shape index (κ3) is 19.2. The van der Waals surface area contributed by atoms with Crippen LogP contribution in [0.1, 0.15) is 163 Å². The molecule has 29 heavy (non-hydrogen) atoms. The molecule has 2 heteroatoms. The Hall–Kier alpha value is -0.530. The normalized spacial score (nSPS) is 13.4. The molecule has 0 rings (SSSR count). The molecule has 0 aliphatic carbocycles. The van der Waals surface area contributed by atoms with Gasteiger partial charge < -0.3 is 4.74 Å². The van der Waals surface area contributed by atoms with Gasteiger partial charge in [0, 0.05) is 6.42 Å². The topological polar surface area (TPSA) is 26.3 Å². The van der Waals surface area contributed by atoms with Crippen LogP contribution >= 0.6 is 0 Å². The molecular weight excluding hydrogens is 356 g/mol. The second-order valence-electron chi connectivity index (χ2n) is 9.43. The van der Waals surface area contributed by atoms with Gasteiger partial charge >= 0.3 is 5.97 Å². The Balaban J connectivity index is 3.44. The number of carbonyl (C=O) groups is 1. The Kier molecular flexibility index (Phi) is 20.4. The first-order valence-corrected chi connectivity index (χ1v) is 13.3. The maximum atomic E-state index is 12.2. The molecule has 0 amide bonds. The predicted molar refractivity (Wildman–Crippen MR) is 128 cm³/mol. The number of hydrogen-bond acceptors (Lipinski definition) is 2. The quantitative estimate of drug-likeness (QED) is 0.131. The van der Waals surface area contributed by atoms with Crippen LogP contribution in [0.2, 0.25) is 0 Å². The summed E-state index contributed by atoms with van der Waals surface area (Å²) in [5.74, 6) is 0.0144. The van der Waals surface area contributed by atoms with E-state index in [1.54, 1.807) is 0 Å². The van der Waals surface area contributed by atoms with E-state index in [-0.39, 0.29) is 11.6 Å². The summed E-state index contributed by atoms with van der Waals surface area (Å²) in [7, 11) is 0. The van der Waals surface area contributed by atoms with Crippen molar-refractivity contribution in [3.05, 3.63) is 0 Å². The lowest BCUT2D eigenvalue weighted by atomic mass is 9.95. The fraction of sp³-hybridized carbons (Fsp3) is 0.963. The maximum Gasteiger partial charge on any atom is 0.306 e. The van der Waals surface area contributed by atoms with E-state index in [4.69, 9.17) is 4.74 Å². The molecule has 0 bridgehead atoms. The molecular formula is C27H54O2. The van der Waals surface area contributed by atoms with Gasteiger partial charge in [-0.1, -0.05) is 124 Å². The van der Waals surface area contributed by atoms with Crippen LogP contribution < -0.4 is 0 Å². The zero-order chi connectivity index (χ0) is 21.6. The Morgan fingerprint density at radius 1 is 0.586 bits per heavy atom.